The zero-order valence-electron chi connectivity index (χ0n) is 13.3. The number of hydrogen-bond acceptors (Lipinski definition) is 4. The summed E-state index contributed by atoms with van der Waals surface area (Å²) in [5.74, 6) is 0.867. The topological polar surface area (TPSA) is 76.8 Å². The van der Waals surface area contributed by atoms with Crippen LogP contribution in [-0.2, 0) is 5.54 Å². The molecule has 1 aromatic carbocycles. The van der Waals surface area contributed by atoms with Crippen molar-refractivity contribution in [3.05, 3.63) is 42.2 Å². The van der Waals surface area contributed by atoms with Gasteiger partial charge in [-0.3, -0.25) is 10.1 Å². The molecule has 0 aliphatic heterocycles. The molecule has 1 saturated carbocycles. The molecule has 0 spiro atoms. The molecular formula is C18H20N4O. The van der Waals surface area contributed by atoms with Gasteiger partial charge in [-0.1, -0.05) is 6.07 Å². The largest absolute Gasteiger partial charge is 0.489 e. The van der Waals surface area contributed by atoms with Crippen molar-refractivity contribution >= 4 is 10.9 Å². The van der Waals surface area contributed by atoms with Crippen molar-refractivity contribution in [1.29, 1.82) is 0 Å². The summed E-state index contributed by atoms with van der Waals surface area (Å²) in [6.07, 6.45) is 6.20. The van der Waals surface area contributed by atoms with Gasteiger partial charge in [-0.25, -0.2) is 0 Å². The van der Waals surface area contributed by atoms with E-state index in [2.05, 4.69) is 15.2 Å². The molecule has 0 atom stereocenters. The molecule has 5 heteroatoms. The molecule has 2 aromatic heterocycles. The SMILES string of the molecule is CC(C)(N)c1ccc(-c2ccc3[nH]ncc3c2OC2CC2)nc1. The van der Waals surface area contributed by atoms with Crippen LogP contribution in [-0.4, -0.2) is 21.3 Å². The number of nitrogens with one attached hydrogen (secondary N) is 1. The fraction of sp³-hybridized carbons (Fsp3) is 0.333. The molecule has 4 rings (SSSR count). The lowest BCUT2D eigenvalue weighted by Gasteiger charge is -2.19. The van der Waals surface area contributed by atoms with E-state index in [1.807, 2.05) is 50.5 Å². The van der Waals surface area contributed by atoms with Crippen LogP contribution in [0.4, 0.5) is 0 Å². The number of hydrogen-bond donors (Lipinski definition) is 2. The maximum absolute atomic E-state index is 6.16. The molecular weight excluding hydrogens is 288 g/mol. The first-order chi connectivity index (χ1) is 11.0. The summed E-state index contributed by atoms with van der Waals surface area (Å²) in [5, 5.41) is 8.12. The van der Waals surface area contributed by atoms with Crippen LogP contribution in [0.15, 0.2) is 36.7 Å². The van der Waals surface area contributed by atoms with E-state index in [9.17, 15) is 0 Å². The number of H-pyrrole nitrogens is 1. The lowest BCUT2D eigenvalue weighted by atomic mass is 9.96. The summed E-state index contributed by atoms with van der Waals surface area (Å²) in [4.78, 5) is 4.60. The second kappa shape index (κ2) is 5.06. The monoisotopic (exact) mass is 308 g/mol. The van der Waals surface area contributed by atoms with Gasteiger partial charge >= 0.3 is 0 Å². The van der Waals surface area contributed by atoms with Gasteiger partial charge in [0.1, 0.15) is 5.75 Å². The van der Waals surface area contributed by atoms with Crippen molar-refractivity contribution in [2.45, 2.75) is 38.3 Å². The zero-order valence-corrected chi connectivity index (χ0v) is 13.3. The van der Waals surface area contributed by atoms with Crippen LogP contribution in [0.5, 0.6) is 5.75 Å². The smallest absolute Gasteiger partial charge is 0.140 e. The highest BCUT2D eigenvalue weighted by molar-refractivity contribution is 5.92. The molecule has 3 aromatic rings. The Morgan fingerprint density at radius 1 is 1.17 bits per heavy atom. The van der Waals surface area contributed by atoms with Crippen molar-refractivity contribution in [2.75, 3.05) is 0 Å². The number of aromatic nitrogens is 3. The molecule has 118 valence electrons. The first-order valence-electron chi connectivity index (χ1n) is 7.91. The maximum Gasteiger partial charge on any atom is 0.140 e. The number of fused-ring (bicyclic) bond motifs is 1. The van der Waals surface area contributed by atoms with Crippen molar-refractivity contribution in [3.8, 4) is 17.0 Å². The molecule has 1 aliphatic carbocycles. The number of nitrogens with zero attached hydrogens (tertiary/aromatic N) is 2. The molecule has 3 N–H and O–H groups in total. The summed E-state index contributed by atoms with van der Waals surface area (Å²) < 4.78 is 6.16. The van der Waals surface area contributed by atoms with Crippen molar-refractivity contribution in [2.24, 2.45) is 5.73 Å². The van der Waals surface area contributed by atoms with E-state index < -0.39 is 5.54 Å². The van der Waals surface area contributed by atoms with Crippen LogP contribution in [0.25, 0.3) is 22.2 Å². The highest BCUT2D eigenvalue weighted by atomic mass is 16.5. The van der Waals surface area contributed by atoms with E-state index in [1.165, 1.54) is 0 Å². The molecule has 0 saturated heterocycles. The number of ether oxygens (including phenoxy) is 1. The minimum atomic E-state index is -0.395. The van der Waals surface area contributed by atoms with Gasteiger partial charge in [0, 0.05) is 17.3 Å². The standard InChI is InChI=1S/C18H20N4O/c1-18(2,19)11-3-7-15(20-9-11)13-6-8-16-14(10-21-22-16)17(13)23-12-4-5-12/h3,6-10,12H,4-5,19H2,1-2H3,(H,21,22). The summed E-state index contributed by atoms with van der Waals surface area (Å²) >= 11 is 0. The lowest BCUT2D eigenvalue weighted by Crippen LogP contribution is -2.28. The normalized spacial score (nSPS) is 15.1. The van der Waals surface area contributed by atoms with Crippen LogP contribution in [0.1, 0.15) is 32.3 Å². The molecule has 1 aliphatic rings. The first-order valence-corrected chi connectivity index (χ1v) is 7.91. The summed E-state index contributed by atoms with van der Waals surface area (Å²) in [6, 6.07) is 8.08. The quantitative estimate of drug-likeness (QED) is 0.775. The summed E-state index contributed by atoms with van der Waals surface area (Å²) in [6.45, 7) is 3.95. The first kappa shape index (κ1) is 14.2. The van der Waals surface area contributed by atoms with Crippen LogP contribution < -0.4 is 10.5 Å². The Labute approximate surface area is 134 Å². The average Bonchev–Trinajstić information content (AvgIpc) is 3.21. The third kappa shape index (κ3) is 2.68. The predicted molar refractivity (Wildman–Crippen MR) is 90.2 cm³/mol. The van der Waals surface area contributed by atoms with Gasteiger partial charge in [0.05, 0.1) is 28.9 Å². The van der Waals surface area contributed by atoms with E-state index in [0.717, 1.165) is 46.3 Å². The Balaban J connectivity index is 1.81. The molecule has 0 amide bonds. The van der Waals surface area contributed by atoms with E-state index in [1.54, 1.807) is 0 Å². The van der Waals surface area contributed by atoms with Gasteiger partial charge in [0.15, 0.2) is 0 Å². The fourth-order valence-corrected chi connectivity index (χ4v) is 2.61. The van der Waals surface area contributed by atoms with Gasteiger partial charge in [-0.2, -0.15) is 5.10 Å². The number of aromatic amines is 1. The Hall–Kier alpha value is -2.40. The van der Waals surface area contributed by atoms with Gasteiger partial charge in [0.2, 0.25) is 0 Å². The van der Waals surface area contributed by atoms with Gasteiger partial charge in [-0.15, -0.1) is 0 Å². The van der Waals surface area contributed by atoms with Crippen molar-refractivity contribution in [3.63, 3.8) is 0 Å². The minimum absolute atomic E-state index is 0.316. The lowest BCUT2D eigenvalue weighted by molar-refractivity contribution is 0.308. The van der Waals surface area contributed by atoms with Crippen LogP contribution in [0, 0.1) is 0 Å². The fourth-order valence-electron chi connectivity index (χ4n) is 2.61. The Morgan fingerprint density at radius 3 is 2.65 bits per heavy atom. The average molecular weight is 308 g/mol. The second-order valence-electron chi connectivity index (χ2n) is 6.74. The van der Waals surface area contributed by atoms with Crippen molar-refractivity contribution < 1.29 is 4.74 Å². The third-order valence-electron chi connectivity index (χ3n) is 4.17. The zero-order chi connectivity index (χ0) is 16.0. The van der Waals surface area contributed by atoms with Gasteiger partial charge in [0.25, 0.3) is 0 Å². The summed E-state index contributed by atoms with van der Waals surface area (Å²) in [7, 11) is 0. The Morgan fingerprint density at radius 2 is 2.00 bits per heavy atom. The van der Waals surface area contributed by atoms with Gasteiger partial charge in [-0.05, 0) is 50.5 Å². The van der Waals surface area contributed by atoms with E-state index in [0.29, 0.717) is 6.10 Å². The number of benzene rings is 1. The Kier molecular flexibility index (Phi) is 3.13. The van der Waals surface area contributed by atoms with E-state index in [-0.39, 0.29) is 0 Å². The molecule has 1 fully saturated rings. The number of nitrogens with two attached hydrogens (primary N) is 1. The highest BCUT2D eigenvalue weighted by Gasteiger charge is 2.26. The number of rotatable bonds is 4. The Bertz CT molecular complexity index is 842. The molecule has 0 unspecified atom stereocenters. The minimum Gasteiger partial charge on any atom is -0.489 e. The molecule has 0 radical (unpaired) electrons. The second-order valence-corrected chi connectivity index (χ2v) is 6.74. The van der Waals surface area contributed by atoms with Crippen LogP contribution in [0.2, 0.25) is 0 Å². The third-order valence-corrected chi connectivity index (χ3v) is 4.17. The number of pyridine rings is 1. The summed E-state index contributed by atoms with van der Waals surface area (Å²) in [5.41, 5.74) is 9.60. The maximum atomic E-state index is 6.16. The van der Waals surface area contributed by atoms with Crippen molar-refractivity contribution in [1.82, 2.24) is 15.2 Å². The van der Waals surface area contributed by atoms with Gasteiger partial charge < -0.3 is 10.5 Å². The highest BCUT2D eigenvalue weighted by Crippen LogP contribution is 2.39. The van der Waals surface area contributed by atoms with Crippen LogP contribution in [0.3, 0.4) is 0 Å². The van der Waals surface area contributed by atoms with Crippen LogP contribution >= 0.6 is 0 Å². The van der Waals surface area contributed by atoms with E-state index in [4.69, 9.17) is 10.5 Å². The predicted octanol–water partition coefficient (Wildman–Crippen LogP) is 3.36. The molecule has 5 nitrogen and oxygen atoms in total. The molecule has 2 heterocycles. The molecule has 0 bridgehead atoms. The van der Waals surface area contributed by atoms with E-state index >= 15 is 0 Å². The molecule has 23 heavy (non-hydrogen) atoms.